The number of hydrogen-bond acceptors (Lipinski definition) is 3. The number of amides is 1. The van der Waals surface area contributed by atoms with Gasteiger partial charge in [0.25, 0.3) is 0 Å². The fourth-order valence-corrected chi connectivity index (χ4v) is 2.59. The van der Waals surface area contributed by atoms with Crippen molar-refractivity contribution >= 4 is 31.9 Å². The van der Waals surface area contributed by atoms with E-state index in [9.17, 15) is 13.2 Å². The van der Waals surface area contributed by atoms with E-state index in [1.165, 1.54) is 24.1 Å². The highest BCUT2D eigenvalue weighted by Gasteiger charge is 2.23. The Balaban J connectivity index is 2.93. The molecule has 0 atom stereocenters. The van der Waals surface area contributed by atoms with Crippen LogP contribution in [-0.2, 0) is 14.8 Å². The maximum Gasteiger partial charge on any atom is 0.243 e. The first-order valence-electron chi connectivity index (χ1n) is 5.17. The Hall–Kier alpha value is -0.920. The van der Waals surface area contributed by atoms with Crippen LogP contribution in [0.15, 0.2) is 33.6 Å². The van der Waals surface area contributed by atoms with Gasteiger partial charge < -0.3 is 4.90 Å². The summed E-state index contributed by atoms with van der Waals surface area (Å²) < 4.78 is 26.1. The SMILES string of the molecule is CN(C)C(=O)CN(C)S(=O)(=O)c1ccc(Br)cc1. The van der Waals surface area contributed by atoms with E-state index in [0.717, 1.165) is 8.78 Å². The maximum absolute atomic E-state index is 12.1. The number of benzene rings is 1. The van der Waals surface area contributed by atoms with Gasteiger partial charge in [-0.3, -0.25) is 4.79 Å². The normalized spacial score (nSPS) is 11.6. The molecule has 0 aromatic heterocycles. The summed E-state index contributed by atoms with van der Waals surface area (Å²) in [4.78, 5) is 13.0. The molecule has 0 aliphatic heterocycles. The van der Waals surface area contributed by atoms with Gasteiger partial charge >= 0.3 is 0 Å². The van der Waals surface area contributed by atoms with Crippen molar-refractivity contribution in [3.05, 3.63) is 28.7 Å². The second kappa shape index (κ2) is 5.81. The molecule has 0 aliphatic rings. The lowest BCUT2D eigenvalue weighted by atomic mass is 10.4. The molecule has 0 spiro atoms. The predicted molar refractivity (Wildman–Crippen MR) is 72.7 cm³/mol. The van der Waals surface area contributed by atoms with Crippen molar-refractivity contribution in [2.45, 2.75) is 4.90 Å². The zero-order valence-corrected chi connectivity index (χ0v) is 12.8. The van der Waals surface area contributed by atoms with Gasteiger partial charge in [-0.05, 0) is 24.3 Å². The van der Waals surface area contributed by atoms with Gasteiger partial charge in [0.05, 0.1) is 11.4 Å². The third-order valence-electron chi connectivity index (χ3n) is 2.38. The van der Waals surface area contributed by atoms with Gasteiger partial charge in [-0.15, -0.1) is 0 Å². The third kappa shape index (κ3) is 3.54. The van der Waals surface area contributed by atoms with Crippen molar-refractivity contribution < 1.29 is 13.2 Å². The van der Waals surface area contributed by atoms with E-state index in [2.05, 4.69) is 15.9 Å². The topological polar surface area (TPSA) is 57.7 Å². The van der Waals surface area contributed by atoms with E-state index in [-0.39, 0.29) is 17.3 Å². The molecule has 100 valence electrons. The summed E-state index contributed by atoms with van der Waals surface area (Å²) in [6.07, 6.45) is 0. The first-order valence-corrected chi connectivity index (χ1v) is 7.40. The summed E-state index contributed by atoms with van der Waals surface area (Å²) in [5.41, 5.74) is 0. The van der Waals surface area contributed by atoms with E-state index < -0.39 is 10.0 Å². The minimum atomic E-state index is -3.62. The Labute approximate surface area is 116 Å². The molecule has 1 amide bonds. The van der Waals surface area contributed by atoms with E-state index in [0.29, 0.717) is 0 Å². The molecule has 0 bridgehead atoms. The highest BCUT2D eigenvalue weighted by atomic mass is 79.9. The van der Waals surface area contributed by atoms with Gasteiger partial charge in [-0.25, -0.2) is 8.42 Å². The van der Waals surface area contributed by atoms with Crippen LogP contribution >= 0.6 is 15.9 Å². The monoisotopic (exact) mass is 334 g/mol. The molecule has 0 aliphatic carbocycles. The Morgan fingerprint density at radius 3 is 2.11 bits per heavy atom. The number of carbonyl (C=O) groups is 1. The van der Waals surface area contributed by atoms with Crippen molar-refractivity contribution in [1.82, 2.24) is 9.21 Å². The molecular weight excluding hydrogens is 320 g/mol. The predicted octanol–water partition coefficient (Wildman–Crippen LogP) is 1.16. The van der Waals surface area contributed by atoms with Gasteiger partial charge in [0.15, 0.2) is 0 Å². The molecule has 1 rings (SSSR count). The van der Waals surface area contributed by atoms with Crippen LogP contribution in [0.5, 0.6) is 0 Å². The van der Waals surface area contributed by atoms with E-state index in [1.807, 2.05) is 0 Å². The largest absolute Gasteiger partial charge is 0.348 e. The Kier molecular flexibility index (Phi) is 4.89. The number of sulfonamides is 1. The highest BCUT2D eigenvalue weighted by Crippen LogP contribution is 2.17. The van der Waals surface area contributed by atoms with E-state index in [1.54, 1.807) is 26.2 Å². The molecule has 1 aromatic rings. The van der Waals surface area contributed by atoms with Crippen molar-refractivity contribution in [2.75, 3.05) is 27.7 Å². The number of carbonyl (C=O) groups excluding carboxylic acids is 1. The zero-order valence-electron chi connectivity index (χ0n) is 10.4. The van der Waals surface area contributed by atoms with Crippen LogP contribution in [0.4, 0.5) is 0 Å². The van der Waals surface area contributed by atoms with Crippen molar-refractivity contribution in [3.8, 4) is 0 Å². The first-order chi connectivity index (χ1) is 8.25. The standard InChI is InChI=1S/C11H15BrN2O3S/c1-13(2)11(15)8-14(3)18(16,17)10-6-4-9(12)5-7-10/h4-7H,8H2,1-3H3. The number of halogens is 1. The lowest BCUT2D eigenvalue weighted by Gasteiger charge is -2.19. The molecule has 0 heterocycles. The van der Waals surface area contributed by atoms with Crippen LogP contribution in [0.2, 0.25) is 0 Å². The van der Waals surface area contributed by atoms with Gasteiger partial charge in [-0.1, -0.05) is 15.9 Å². The molecule has 18 heavy (non-hydrogen) atoms. The summed E-state index contributed by atoms with van der Waals surface area (Å²) in [6, 6.07) is 6.29. The number of likely N-dealkylation sites (N-methyl/N-ethyl adjacent to an activating group) is 2. The first kappa shape index (κ1) is 15.1. The van der Waals surface area contributed by atoms with Crippen LogP contribution in [0.1, 0.15) is 0 Å². The minimum absolute atomic E-state index is 0.166. The average molecular weight is 335 g/mol. The molecule has 5 nitrogen and oxygen atoms in total. The second-order valence-electron chi connectivity index (χ2n) is 4.00. The lowest BCUT2D eigenvalue weighted by molar-refractivity contribution is -0.128. The Bertz CT molecular complexity index is 526. The number of rotatable bonds is 4. The van der Waals surface area contributed by atoms with Crippen molar-refractivity contribution in [2.24, 2.45) is 0 Å². The van der Waals surface area contributed by atoms with Crippen molar-refractivity contribution in [1.29, 1.82) is 0 Å². The second-order valence-corrected chi connectivity index (χ2v) is 6.96. The van der Waals surface area contributed by atoms with Gasteiger partial charge in [0, 0.05) is 25.6 Å². The highest BCUT2D eigenvalue weighted by molar-refractivity contribution is 9.10. The molecule has 0 radical (unpaired) electrons. The molecule has 0 N–H and O–H groups in total. The average Bonchev–Trinajstić information content (AvgIpc) is 2.29. The Morgan fingerprint density at radius 1 is 1.17 bits per heavy atom. The zero-order chi connectivity index (χ0) is 13.9. The van der Waals surface area contributed by atoms with Gasteiger partial charge in [-0.2, -0.15) is 4.31 Å². The minimum Gasteiger partial charge on any atom is -0.348 e. The maximum atomic E-state index is 12.1. The van der Waals surface area contributed by atoms with Crippen molar-refractivity contribution in [3.63, 3.8) is 0 Å². The number of nitrogens with zero attached hydrogens (tertiary/aromatic N) is 2. The third-order valence-corrected chi connectivity index (χ3v) is 4.72. The van der Waals surface area contributed by atoms with Crippen LogP contribution in [0, 0.1) is 0 Å². The molecule has 7 heteroatoms. The van der Waals surface area contributed by atoms with Gasteiger partial charge in [0.1, 0.15) is 0 Å². The summed E-state index contributed by atoms with van der Waals surface area (Å²) in [7, 11) is 0.940. The summed E-state index contributed by atoms with van der Waals surface area (Å²) in [5.74, 6) is -0.266. The molecule has 1 aromatic carbocycles. The molecule has 0 unspecified atom stereocenters. The molecule has 0 saturated heterocycles. The molecule has 0 fully saturated rings. The number of hydrogen-bond donors (Lipinski definition) is 0. The summed E-state index contributed by atoms with van der Waals surface area (Å²) in [6.45, 7) is -0.175. The van der Waals surface area contributed by atoms with Crippen LogP contribution in [0.3, 0.4) is 0 Å². The van der Waals surface area contributed by atoms with Gasteiger partial charge in [0.2, 0.25) is 15.9 Å². The fourth-order valence-electron chi connectivity index (χ4n) is 1.20. The smallest absolute Gasteiger partial charge is 0.243 e. The van der Waals surface area contributed by atoms with E-state index in [4.69, 9.17) is 0 Å². The molecular formula is C11H15BrN2O3S. The quantitative estimate of drug-likeness (QED) is 0.830. The summed E-state index contributed by atoms with van der Waals surface area (Å²) >= 11 is 3.24. The van der Waals surface area contributed by atoms with Crippen LogP contribution in [-0.4, -0.2) is 51.2 Å². The Morgan fingerprint density at radius 2 is 1.67 bits per heavy atom. The molecule has 0 saturated carbocycles. The fraction of sp³-hybridized carbons (Fsp3) is 0.364. The van der Waals surface area contributed by atoms with Crippen LogP contribution in [0.25, 0.3) is 0 Å². The lowest BCUT2D eigenvalue weighted by Crippen LogP contribution is -2.37. The van der Waals surface area contributed by atoms with E-state index >= 15 is 0 Å². The van der Waals surface area contributed by atoms with Crippen LogP contribution < -0.4 is 0 Å². The summed E-state index contributed by atoms with van der Waals surface area (Å²) in [5, 5.41) is 0.